The van der Waals surface area contributed by atoms with Gasteiger partial charge in [0.25, 0.3) is 0 Å². The molecule has 0 amide bonds. The minimum Gasteiger partial charge on any atom is -0.507 e. The summed E-state index contributed by atoms with van der Waals surface area (Å²) in [4.78, 5) is 12.0. The molecule has 6 nitrogen and oxygen atoms in total. The number of fused-ring (bicyclic) bond motifs is 1. The van der Waals surface area contributed by atoms with Crippen LogP contribution in [0.4, 0.5) is 0 Å². The lowest BCUT2D eigenvalue weighted by atomic mass is 10.1. The van der Waals surface area contributed by atoms with Gasteiger partial charge in [-0.15, -0.1) is 0 Å². The van der Waals surface area contributed by atoms with Crippen molar-refractivity contribution in [1.82, 2.24) is 0 Å². The summed E-state index contributed by atoms with van der Waals surface area (Å²) in [5.41, 5.74) is -0.760. The quantitative estimate of drug-likeness (QED) is 0.724. The Morgan fingerprint density at radius 2 is 2.00 bits per heavy atom. The lowest BCUT2D eigenvalue weighted by molar-refractivity contribution is 0.0469. The van der Waals surface area contributed by atoms with Gasteiger partial charge in [-0.1, -0.05) is 29.8 Å². The van der Waals surface area contributed by atoms with Crippen LogP contribution < -0.4 is 5.63 Å². The lowest BCUT2D eigenvalue weighted by Gasteiger charge is -2.07. The Balaban J connectivity index is 1.87. The Kier molecular flexibility index (Phi) is 4.85. The minimum atomic E-state index is -0.760. The van der Waals surface area contributed by atoms with Gasteiger partial charge < -0.3 is 24.5 Å². The molecule has 25 heavy (non-hydrogen) atoms. The number of phenols is 2. The maximum atomic E-state index is 12.0. The predicted molar refractivity (Wildman–Crippen MR) is 94.0 cm³/mol. The molecule has 7 heteroatoms. The molecule has 1 fully saturated rings. The van der Waals surface area contributed by atoms with E-state index in [1.54, 1.807) is 18.2 Å². The van der Waals surface area contributed by atoms with E-state index in [1.807, 2.05) is 6.92 Å². The van der Waals surface area contributed by atoms with E-state index in [1.165, 1.54) is 12.1 Å². The summed E-state index contributed by atoms with van der Waals surface area (Å²) < 4.78 is 10.6. The van der Waals surface area contributed by atoms with Crippen molar-refractivity contribution in [3.63, 3.8) is 0 Å². The van der Waals surface area contributed by atoms with Crippen molar-refractivity contribution in [2.24, 2.45) is 0 Å². The van der Waals surface area contributed by atoms with Gasteiger partial charge in [0.2, 0.25) is 0 Å². The summed E-state index contributed by atoms with van der Waals surface area (Å²) in [5, 5.41) is 29.3. The summed E-state index contributed by atoms with van der Waals surface area (Å²) >= 11 is 5.99. The second-order valence-electron chi connectivity index (χ2n) is 5.91. The zero-order valence-electron chi connectivity index (χ0n) is 13.3. The van der Waals surface area contributed by atoms with E-state index in [-0.39, 0.29) is 39.5 Å². The fourth-order valence-electron chi connectivity index (χ4n) is 2.80. The summed E-state index contributed by atoms with van der Waals surface area (Å²) in [5.74, 6) is -0.522. The van der Waals surface area contributed by atoms with Crippen molar-refractivity contribution in [3.8, 4) is 11.5 Å². The van der Waals surface area contributed by atoms with E-state index in [0.717, 1.165) is 6.07 Å². The van der Waals surface area contributed by atoms with E-state index < -0.39 is 17.5 Å². The first-order chi connectivity index (χ1) is 11.9. The van der Waals surface area contributed by atoms with Crippen LogP contribution in [0.25, 0.3) is 16.8 Å². The van der Waals surface area contributed by atoms with Crippen molar-refractivity contribution in [1.29, 1.82) is 0 Å². The fourth-order valence-corrected chi connectivity index (χ4v) is 3.00. The molecule has 1 aliphatic rings. The number of benzene rings is 1. The molecule has 3 rings (SSSR count). The molecule has 0 aliphatic carbocycles. The molecular formula is C18H17ClO6. The van der Waals surface area contributed by atoms with Gasteiger partial charge in [0.05, 0.1) is 17.2 Å². The fraction of sp³-hybridized carbons (Fsp3) is 0.278. The third-order valence-corrected chi connectivity index (χ3v) is 4.37. The number of rotatable bonds is 3. The Morgan fingerprint density at radius 1 is 1.24 bits per heavy atom. The molecular weight excluding hydrogens is 348 g/mol. The molecule has 0 radical (unpaired) electrons. The Morgan fingerprint density at radius 3 is 2.68 bits per heavy atom. The number of phenolic OH excluding ortho intramolecular Hbond substituents is 2. The number of aromatic hydroxyl groups is 2. The number of hydrogen-bond acceptors (Lipinski definition) is 6. The van der Waals surface area contributed by atoms with Crippen molar-refractivity contribution in [2.45, 2.75) is 31.7 Å². The van der Waals surface area contributed by atoms with E-state index >= 15 is 0 Å². The van der Waals surface area contributed by atoms with Crippen LogP contribution in [0.3, 0.4) is 0 Å². The molecule has 0 bridgehead atoms. The number of hydrogen-bond donors (Lipinski definition) is 3. The smallest absolute Gasteiger partial charge is 0.347 e. The highest BCUT2D eigenvalue weighted by Crippen LogP contribution is 2.36. The van der Waals surface area contributed by atoms with Crippen LogP contribution in [0.5, 0.6) is 11.5 Å². The lowest BCUT2D eigenvalue weighted by Crippen LogP contribution is -2.17. The molecule has 132 valence electrons. The minimum absolute atomic E-state index is 0.00892. The molecule has 1 aromatic carbocycles. The molecule has 2 aromatic rings. The highest BCUT2D eigenvalue weighted by atomic mass is 35.5. The Hall–Kier alpha value is -2.28. The Bertz CT molecular complexity index is 914. The summed E-state index contributed by atoms with van der Waals surface area (Å²) in [7, 11) is 0. The van der Waals surface area contributed by atoms with Gasteiger partial charge in [0.1, 0.15) is 28.7 Å². The second-order valence-corrected chi connectivity index (χ2v) is 6.29. The van der Waals surface area contributed by atoms with E-state index in [4.69, 9.17) is 20.8 Å². The second kappa shape index (κ2) is 6.92. The first-order valence-electron chi connectivity index (χ1n) is 7.73. The third kappa shape index (κ3) is 3.56. The third-order valence-electron chi connectivity index (χ3n) is 3.98. The maximum Gasteiger partial charge on any atom is 0.347 e. The predicted octanol–water partition coefficient (Wildman–Crippen LogP) is 2.97. The summed E-state index contributed by atoms with van der Waals surface area (Å²) in [6.07, 6.45) is 6.24. The topological polar surface area (TPSA) is 100 Å². The van der Waals surface area contributed by atoms with Gasteiger partial charge in [0.15, 0.2) is 0 Å². The van der Waals surface area contributed by atoms with Crippen molar-refractivity contribution in [2.75, 3.05) is 0 Å². The molecule has 1 aliphatic heterocycles. The number of aliphatic hydroxyl groups is 1. The van der Waals surface area contributed by atoms with Crippen LogP contribution in [0, 0.1) is 0 Å². The van der Waals surface area contributed by atoms with Crippen LogP contribution in [-0.2, 0) is 4.74 Å². The van der Waals surface area contributed by atoms with Crippen LogP contribution in [-0.4, -0.2) is 33.6 Å². The molecule has 1 saturated heterocycles. The Labute approximate surface area is 148 Å². The summed E-state index contributed by atoms with van der Waals surface area (Å²) in [6.45, 7) is 1.89. The number of halogens is 1. The average molecular weight is 365 g/mol. The largest absolute Gasteiger partial charge is 0.507 e. The standard InChI is InChI=1S/C18H17ClO6/c1-9-6-12(20)15(24-9)5-3-2-4-10-7-11-16(18(23)25-10)13(21)8-14(22)17(11)19/h2-5,7-9,12,15,20-22H,6H2,1H3/t9-,12-,15-/m1/s1. The molecule has 1 aromatic heterocycles. The zero-order chi connectivity index (χ0) is 18.1. The van der Waals surface area contributed by atoms with E-state index in [2.05, 4.69) is 0 Å². The first kappa shape index (κ1) is 17.5. The highest BCUT2D eigenvalue weighted by Gasteiger charge is 2.28. The normalized spacial score (nSPS) is 24.0. The van der Waals surface area contributed by atoms with Crippen molar-refractivity contribution >= 4 is 28.4 Å². The van der Waals surface area contributed by atoms with Crippen molar-refractivity contribution < 1.29 is 24.5 Å². The number of ether oxygens (including phenoxy) is 1. The first-order valence-corrected chi connectivity index (χ1v) is 8.11. The van der Waals surface area contributed by atoms with Crippen molar-refractivity contribution in [3.05, 3.63) is 51.6 Å². The summed E-state index contributed by atoms with van der Waals surface area (Å²) in [6, 6.07) is 2.44. The van der Waals surface area contributed by atoms with Crippen LogP contribution in [0.15, 0.2) is 39.6 Å². The average Bonchev–Trinajstić information content (AvgIpc) is 2.86. The highest BCUT2D eigenvalue weighted by molar-refractivity contribution is 6.37. The van der Waals surface area contributed by atoms with Gasteiger partial charge in [-0.05, 0) is 19.1 Å². The monoisotopic (exact) mass is 364 g/mol. The van der Waals surface area contributed by atoms with Gasteiger partial charge in [-0.2, -0.15) is 0 Å². The maximum absolute atomic E-state index is 12.0. The zero-order valence-corrected chi connectivity index (χ0v) is 14.1. The number of aliphatic hydroxyl groups excluding tert-OH is 1. The van der Waals surface area contributed by atoms with Gasteiger partial charge in [0, 0.05) is 17.9 Å². The number of allylic oxidation sites excluding steroid dienone is 2. The molecule has 0 spiro atoms. The van der Waals surface area contributed by atoms with Gasteiger partial charge >= 0.3 is 5.63 Å². The van der Waals surface area contributed by atoms with Gasteiger partial charge in [-0.25, -0.2) is 4.79 Å². The molecule has 3 N–H and O–H groups in total. The van der Waals surface area contributed by atoms with Crippen LogP contribution >= 0.6 is 11.6 Å². The van der Waals surface area contributed by atoms with Crippen LogP contribution in [0.2, 0.25) is 5.02 Å². The molecule has 0 unspecified atom stereocenters. The molecule has 3 atom stereocenters. The van der Waals surface area contributed by atoms with E-state index in [0.29, 0.717) is 6.42 Å². The van der Waals surface area contributed by atoms with Gasteiger partial charge in [-0.3, -0.25) is 0 Å². The molecule has 0 saturated carbocycles. The van der Waals surface area contributed by atoms with Crippen LogP contribution in [0.1, 0.15) is 19.1 Å². The van der Waals surface area contributed by atoms with E-state index in [9.17, 15) is 20.1 Å². The molecule has 2 heterocycles. The SMILES string of the molecule is C[C@@H]1C[C@@H](O)[C@@H](C=CC=Cc2cc3c(Cl)c(O)cc(O)c3c(=O)o2)O1.